The number of carbonyl (C=O) groups is 2. The molecule has 2 amide bonds. The number of piperidine rings is 1. The smallest absolute Gasteiger partial charge is 0.253 e. The first-order valence-corrected chi connectivity index (χ1v) is 10.1. The van der Waals surface area contributed by atoms with Gasteiger partial charge in [-0.05, 0) is 61.8 Å². The van der Waals surface area contributed by atoms with Crippen LogP contribution in [0.15, 0.2) is 42.5 Å². The summed E-state index contributed by atoms with van der Waals surface area (Å²) in [6, 6.07) is 12.7. The molecular weight excluding hydrogens is 382 g/mol. The van der Waals surface area contributed by atoms with E-state index in [9.17, 15) is 9.59 Å². The predicted octanol–water partition coefficient (Wildman–Crippen LogP) is 2.46. The summed E-state index contributed by atoms with van der Waals surface area (Å²) in [7, 11) is 4.95. The van der Waals surface area contributed by atoms with E-state index in [2.05, 4.69) is 10.6 Å². The lowest BCUT2D eigenvalue weighted by molar-refractivity contribution is 0.0703. The van der Waals surface area contributed by atoms with Crippen molar-refractivity contribution >= 4 is 11.8 Å². The molecule has 160 valence electrons. The van der Waals surface area contributed by atoms with E-state index in [0.717, 1.165) is 31.5 Å². The van der Waals surface area contributed by atoms with Gasteiger partial charge in [0, 0.05) is 30.8 Å². The maximum atomic E-state index is 12.9. The Bertz CT molecular complexity index is 894. The van der Waals surface area contributed by atoms with E-state index in [1.807, 2.05) is 36.2 Å². The van der Waals surface area contributed by atoms with Crippen molar-refractivity contribution in [3.8, 4) is 11.5 Å². The maximum absolute atomic E-state index is 12.9. The molecule has 7 nitrogen and oxygen atoms in total. The van der Waals surface area contributed by atoms with Crippen molar-refractivity contribution in [2.45, 2.75) is 25.4 Å². The highest BCUT2D eigenvalue weighted by atomic mass is 16.5. The van der Waals surface area contributed by atoms with Crippen molar-refractivity contribution in [2.24, 2.45) is 0 Å². The summed E-state index contributed by atoms with van der Waals surface area (Å²) in [5, 5.41) is 6.21. The number of rotatable bonds is 7. The third-order valence-electron chi connectivity index (χ3n) is 5.45. The van der Waals surface area contributed by atoms with Crippen molar-refractivity contribution in [2.75, 3.05) is 34.4 Å². The fraction of sp³-hybridized carbons (Fsp3) is 0.391. The lowest BCUT2D eigenvalue weighted by Gasteiger charge is -2.31. The van der Waals surface area contributed by atoms with Gasteiger partial charge in [-0.1, -0.05) is 12.1 Å². The Balaban J connectivity index is 1.63. The standard InChI is InChI=1S/C23H29N3O4/c1-26(19-9-11-24-12-10-19)23(28)18-6-4-5-16(13-18)15-25-22(27)17-7-8-20(29-2)21(14-17)30-3/h4-8,13-14,19,24H,9-12,15H2,1-3H3,(H,25,27). The Hall–Kier alpha value is -3.06. The van der Waals surface area contributed by atoms with E-state index in [4.69, 9.17) is 9.47 Å². The fourth-order valence-electron chi connectivity index (χ4n) is 3.64. The summed E-state index contributed by atoms with van der Waals surface area (Å²) in [5.41, 5.74) is 1.98. The van der Waals surface area contributed by atoms with Gasteiger partial charge in [0.15, 0.2) is 11.5 Å². The number of nitrogens with one attached hydrogen (secondary N) is 2. The molecule has 2 N–H and O–H groups in total. The van der Waals surface area contributed by atoms with Crippen molar-refractivity contribution in [1.82, 2.24) is 15.5 Å². The highest BCUT2D eigenvalue weighted by Gasteiger charge is 2.23. The van der Waals surface area contributed by atoms with Gasteiger partial charge in [0.05, 0.1) is 14.2 Å². The molecule has 0 spiro atoms. The molecule has 3 rings (SSSR count). The first-order valence-electron chi connectivity index (χ1n) is 10.1. The van der Waals surface area contributed by atoms with Crippen LogP contribution in [0.4, 0.5) is 0 Å². The summed E-state index contributed by atoms with van der Waals surface area (Å²) in [6.07, 6.45) is 1.92. The van der Waals surface area contributed by atoms with Crippen molar-refractivity contribution < 1.29 is 19.1 Å². The zero-order valence-corrected chi connectivity index (χ0v) is 17.7. The molecule has 0 aliphatic carbocycles. The van der Waals surface area contributed by atoms with Crippen molar-refractivity contribution in [1.29, 1.82) is 0 Å². The number of ether oxygens (including phenoxy) is 2. The number of nitrogens with zero attached hydrogens (tertiary/aromatic N) is 1. The number of amides is 2. The van der Waals surface area contributed by atoms with Crippen LogP contribution in [-0.2, 0) is 6.54 Å². The monoisotopic (exact) mass is 411 g/mol. The second-order valence-electron chi connectivity index (χ2n) is 7.35. The Labute approximate surface area is 177 Å². The molecule has 2 aromatic rings. The van der Waals surface area contributed by atoms with Crippen LogP contribution in [0.2, 0.25) is 0 Å². The van der Waals surface area contributed by atoms with Crippen LogP contribution in [0, 0.1) is 0 Å². The molecule has 2 aromatic carbocycles. The lowest BCUT2D eigenvalue weighted by Crippen LogP contribution is -2.44. The second-order valence-corrected chi connectivity index (χ2v) is 7.35. The van der Waals surface area contributed by atoms with Crippen LogP contribution in [0.25, 0.3) is 0 Å². The summed E-state index contributed by atoms with van der Waals surface area (Å²) in [4.78, 5) is 27.2. The molecule has 1 heterocycles. The average molecular weight is 412 g/mol. The quantitative estimate of drug-likeness (QED) is 0.732. The molecule has 30 heavy (non-hydrogen) atoms. The van der Waals surface area contributed by atoms with Gasteiger partial charge in [0.2, 0.25) is 0 Å². The summed E-state index contributed by atoms with van der Waals surface area (Å²) in [5.74, 6) is 0.853. The molecule has 7 heteroatoms. The van der Waals surface area contributed by atoms with Gasteiger partial charge in [-0.2, -0.15) is 0 Å². The molecule has 0 unspecified atom stereocenters. The van der Waals surface area contributed by atoms with Crippen LogP contribution in [-0.4, -0.2) is 57.1 Å². The average Bonchev–Trinajstić information content (AvgIpc) is 2.81. The minimum Gasteiger partial charge on any atom is -0.493 e. The first kappa shape index (κ1) is 21.6. The number of carbonyl (C=O) groups excluding carboxylic acids is 2. The highest BCUT2D eigenvalue weighted by molar-refractivity contribution is 5.95. The van der Waals surface area contributed by atoms with E-state index >= 15 is 0 Å². The zero-order chi connectivity index (χ0) is 21.5. The number of methoxy groups -OCH3 is 2. The Morgan fingerprint density at radius 1 is 1.03 bits per heavy atom. The maximum Gasteiger partial charge on any atom is 0.253 e. The zero-order valence-electron chi connectivity index (χ0n) is 17.7. The summed E-state index contributed by atoms with van der Waals surface area (Å²) >= 11 is 0. The Morgan fingerprint density at radius 3 is 2.47 bits per heavy atom. The third-order valence-corrected chi connectivity index (χ3v) is 5.45. The van der Waals surface area contributed by atoms with Gasteiger partial charge in [-0.3, -0.25) is 9.59 Å². The minimum atomic E-state index is -0.223. The van der Waals surface area contributed by atoms with Crippen LogP contribution < -0.4 is 20.1 Å². The first-order chi connectivity index (χ1) is 14.5. The van der Waals surface area contributed by atoms with Crippen LogP contribution in [0.5, 0.6) is 11.5 Å². The second kappa shape index (κ2) is 10.1. The van der Waals surface area contributed by atoms with Gasteiger partial charge < -0.3 is 25.0 Å². The van der Waals surface area contributed by atoms with Gasteiger partial charge in [-0.25, -0.2) is 0 Å². The lowest BCUT2D eigenvalue weighted by atomic mass is 10.0. The van der Waals surface area contributed by atoms with Crippen molar-refractivity contribution in [3.63, 3.8) is 0 Å². The van der Waals surface area contributed by atoms with Crippen LogP contribution >= 0.6 is 0 Å². The Kier molecular flexibility index (Phi) is 7.30. The molecule has 1 aliphatic heterocycles. The third kappa shape index (κ3) is 5.10. The molecule has 1 fully saturated rings. The molecule has 0 atom stereocenters. The molecule has 1 aliphatic rings. The summed E-state index contributed by atoms with van der Waals surface area (Å²) < 4.78 is 10.5. The van der Waals surface area contributed by atoms with Gasteiger partial charge in [0.25, 0.3) is 11.8 Å². The largest absolute Gasteiger partial charge is 0.493 e. The minimum absolute atomic E-state index is 0.00923. The number of benzene rings is 2. The van der Waals surface area contributed by atoms with Gasteiger partial charge in [-0.15, -0.1) is 0 Å². The number of hydrogen-bond acceptors (Lipinski definition) is 5. The normalized spacial score (nSPS) is 14.1. The highest BCUT2D eigenvalue weighted by Crippen LogP contribution is 2.27. The Morgan fingerprint density at radius 2 is 1.77 bits per heavy atom. The van der Waals surface area contributed by atoms with E-state index in [-0.39, 0.29) is 17.9 Å². The van der Waals surface area contributed by atoms with Gasteiger partial charge in [0.1, 0.15) is 0 Å². The van der Waals surface area contributed by atoms with Crippen molar-refractivity contribution in [3.05, 3.63) is 59.2 Å². The molecule has 0 bridgehead atoms. The molecule has 0 aromatic heterocycles. The SMILES string of the molecule is COc1ccc(C(=O)NCc2cccc(C(=O)N(C)C3CCNCC3)c2)cc1OC. The fourth-order valence-corrected chi connectivity index (χ4v) is 3.64. The molecular formula is C23H29N3O4. The topological polar surface area (TPSA) is 79.9 Å². The molecule has 0 saturated carbocycles. The molecule has 0 radical (unpaired) electrons. The number of hydrogen-bond donors (Lipinski definition) is 2. The van der Waals surface area contributed by atoms with E-state index < -0.39 is 0 Å². The molecule has 1 saturated heterocycles. The van der Waals surface area contributed by atoms with E-state index in [1.54, 1.807) is 25.3 Å². The van der Waals surface area contributed by atoms with E-state index in [1.165, 1.54) is 7.11 Å². The predicted molar refractivity (Wildman–Crippen MR) is 115 cm³/mol. The van der Waals surface area contributed by atoms with E-state index in [0.29, 0.717) is 29.2 Å². The summed E-state index contributed by atoms with van der Waals surface area (Å²) in [6.45, 7) is 2.19. The van der Waals surface area contributed by atoms with Crippen LogP contribution in [0.1, 0.15) is 39.1 Å². The van der Waals surface area contributed by atoms with Crippen LogP contribution in [0.3, 0.4) is 0 Å². The van der Waals surface area contributed by atoms with Gasteiger partial charge >= 0.3 is 0 Å².